The molecule has 1 heterocycles. The molecule has 0 fully saturated rings. The Labute approximate surface area is 128 Å². The maximum Gasteiger partial charge on any atom is 0.0833 e. The molecule has 1 aromatic heterocycles. The number of hydrogen-bond donors (Lipinski definition) is 0. The van der Waals surface area contributed by atoms with Crippen LogP contribution in [-0.2, 0) is 18.4 Å². The fraction of sp³-hybridized carbons (Fsp3) is 0.556. The molecule has 1 unspecified atom stereocenters. The lowest BCUT2D eigenvalue weighted by Crippen LogP contribution is -2.11. The molecule has 3 heteroatoms. The van der Waals surface area contributed by atoms with Crippen LogP contribution in [0.3, 0.4) is 0 Å². The lowest BCUT2D eigenvalue weighted by molar-refractivity contribution is 0.588. The van der Waals surface area contributed by atoms with Crippen molar-refractivity contribution in [3.05, 3.63) is 47.3 Å². The number of aryl methyl sites for hydroxylation is 1. The molecule has 2 aromatic rings. The summed E-state index contributed by atoms with van der Waals surface area (Å²) in [5.74, 6) is 0.515. The number of hydrogen-bond acceptors (Lipinski definition) is 2. The van der Waals surface area contributed by atoms with Gasteiger partial charge in [-0.15, -0.1) is 5.10 Å². The molecule has 114 valence electrons. The van der Waals surface area contributed by atoms with E-state index in [1.165, 1.54) is 11.1 Å². The van der Waals surface area contributed by atoms with Gasteiger partial charge in [0.05, 0.1) is 5.69 Å². The first kappa shape index (κ1) is 15.7. The molecule has 2 rings (SSSR count). The van der Waals surface area contributed by atoms with Crippen LogP contribution < -0.4 is 0 Å². The lowest BCUT2D eigenvalue weighted by Gasteiger charge is -2.21. The molecule has 0 N–H and O–H groups in total. The standard InChI is InChI=1S/C18H27N3/c1-6-14(12-17-13-21(7-2)20-19-17)15-8-10-16(11-9-15)18(3,4)5/h8-11,13-14H,6-7,12H2,1-5H3. The van der Waals surface area contributed by atoms with E-state index in [1.807, 2.05) is 4.68 Å². The second-order valence-electron chi connectivity index (χ2n) is 6.75. The van der Waals surface area contributed by atoms with Gasteiger partial charge in [-0.1, -0.05) is 57.2 Å². The number of benzene rings is 1. The zero-order chi connectivity index (χ0) is 15.5. The molecule has 0 saturated carbocycles. The summed E-state index contributed by atoms with van der Waals surface area (Å²) in [7, 11) is 0. The first-order valence-electron chi connectivity index (χ1n) is 7.93. The van der Waals surface area contributed by atoms with Gasteiger partial charge in [0.1, 0.15) is 0 Å². The Morgan fingerprint density at radius 1 is 1.10 bits per heavy atom. The predicted molar refractivity (Wildman–Crippen MR) is 87.6 cm³/mol. The zero-order valence-electron chi connectivity index (χ0n) is 13.9. The smallest absolute Gasteiger partial charge is 0.0833 e. The van der Waals surface area contributed by atoms with Gasteiger partial charge in [-0.05, 0) is 42.2 Å². The summed E-state index contributed by atoms with van der Waals surface area (Å²) in [6.07, 6.45) is 4.14. The van der Waals surface area contributed by atoms with Crippen molar-refractivity contribution in [1.82, 2.24) is 15.0 Å². The average Bonchev–Trinajstić information content (AvgIpc) is 2.92. The van der Waals surface area contributed by atoms with Crippen molar-refractivity contribution in [2.24, 2.45) is 0 Å². The van der Waals surface area contributed by atoms with Crippen LogP contribution in [0, 0.1) is 0 Å². The highest BCUT2D eigenvalue weighted by molar-refractivity contribution is 5.30. The molecule has 0 radical (unpaired) electrons. The monoisotopic (exact) mass is 285 g/mol. The quantitative estimate of drug-likeness (QED) is 0.818. The summed E-state index contributed by atoms with van der Waals surface area (Å²) >= 11 is 0. The molecule has 0 bridgehead atoms. The molecule has 0 aliphatic rings. The van der Waals surface area contributed by atoms with Gasteiger partial charge in [0.25, 0.3) is 0 Å². The Balaban J connectivity index is 2.13. The van der Waals surface area contributed by atoms with E-state index in [1.54, 1.807) is 0 Å². The molecule has 0 aliphatic carbocycles. The summed E-state index contributed by atoms with van der Waals surface area (Å²) < 4.78 is 1.89. The van der Waals surface area contributed by atoms with Crippen LogP contribution >= 0.6 is 0 Å². The lowest BCUT2D eigenvalue weighted by atomic mass is 9.84. The van der Waals surface area contributed by atoms with Crippen LogP contribution in [0.15, 0.2) is 30.5 Å². The summed E-state index contributed by atoms with van der Waals surface area (Å²) in [6, 6.07) is 9.08. The number of rotatable bonds is 5. The van der Waals surface area contributed by atoms with Crippen LogP contribution in [-0.4, -0.2) is 15.0 Å². The van der Waals surface area contributed by atoms with Gasteiger partial charge < -0.3 is 0 Å². The maximum absolute atomic E-state index is 4.27. The van der Waals surface area contributed by atoms with Gasteiger partial charge in [-0.2, -0.15) is 0 Å². The van der Waals surface area contributed by atoms with Crippen LogP contribution in [0.25, 0.3) is 0 Å². The van der Waals surface area contributed by atoms with Gasteiger partial charge in [-0.25, -0.2) is 0 Å². The third kappa shape index (κ3) is 3.93. The minimum atomic E-state index is 0.212. The van der Waals surface area contributed by atoms with Gasteiger partial charge in [-0.3, -0.25) is 4.68 Å². The van der Waals surface area contributed by atoms with E-state index >= 15 is 0 Å². The van der Waals surface area contributed by atoms with Crippen molar-refractivity contribution in [2.45, 2.75) is 65.3 Å². The van der Waals surface area contributed by atoms with E-state index < -0.39 is 0 Å². The second-order valence-corrected chi connectivity index (χ2v) is 6.75. The minimum Gasteiger partial charge on any atom is -0.253 e. The van der Waals surface area contributed by atoms with E-state index in [9.17, 15) is 0 Å². The molecule has 21 heavy (non-hydrogen) atoms. The Morgan fingerprint density at radius 3 is 2.24 bits per heavy atom. The largest absolute Gasteiger partial charge is 0.253 e. The first-order chi connectivity index (χ1) is 9.94. The van der Waals surface area contributed by atoms with E-state index in [-0.39, 0.29) is 5.41 Å². The second kappa shape index (κ2) is 6.42. The molecule has 0 aliphatic heterocycles. The molecule has 0 amide bonds. The van der Waals surface area contributed by atoms with Crippen molar-refractivity contribution in [3.63, 3.8) is 0 Å². The van der Waals surface area contributed by atoms with Crippen molar-refractivity contribution in [2.75, 3.05) is 0 Å². The Hall–Kier alpha value is -1.64. The van der Waals surface area contributed by atoms with Crippen molar-refractivity contribution in [3.8, 4) is 0 Å². The summed E-state index contributed by atoms with van der Waals surface area (Å²) in [5, 5.41) is 8.40. The molecular weight excluding hydrogens is 258 g/mol. The van der Waals surface area contributed by atoms with Gasteiger partial charge >= 0.3 is 0 Å². The Morgan fingerprint density at radius 2 is 1.76 bits per heavy atom. The predicted octanol–water partition coefficient (Wildman–Crippen LogP) is 4.33. The number of nitrogens with zero attached hydrogens (tertiary/aromatic N) is 3. The van der Waals surface area contributed by atoms with E-state index in [2.05, 4.69) is 75.4 Å². The third-order valence-electron chi connectivity index (χ3n) is 4.11. The topological polar surface area (TPSA) is 30.7 Å². The van der Waals surface area contributed by atoms with Crippen molar-refractivity contribution in [1.29, 1.82) is 0 Å². The minimum absolute atomic E-state index is 0.212. The highest BCUT2D eigenvalue weighted by atomic mass is 15.4. The highest BCUT2D eigenvalue weighted by Gasteiger charge is 2.16. The SMILES string of the molecule is CCC(Cc1cn(CC)nn1)c1ccc(C(C)(C)C)cc1. The van der Waals surface area contributed by atoms with E-state index in [0.717, 1.165) is 25.1 Å². The first-order valence-corrected chi connectivity index (χ1v) is 7.93. The average molecular weight is 285 g/mol. The van der Waals surface area contributed by atoms with Crippen LogP contribution in [0.1, 0.15) is 63.8 Å². The van der Waals surface area contributed by atoms with E-state index in [4.69, 9.17) is 0 Å². The Kier molecular flexibility index (Phi) is 4.81. The van der Waals surface area contributed by atoms with Crippen LogP contribution in [0.2, 0.25) is 0 Å². The van der Waals surface area contributed by atoms with Gasteiger partial charge in [0, 0.05) is 12.7 Å². The number of aromatic nitrogens is 3. The third-order valence-corrected chi connectivity index (χ3v) is 4.11. The zero-order valence-corrected chi connectivity index (χ0v) is 13.9. The molecule has 3 nitrogen and oxygen atoms in total. The molecule has 0 spiro atoms. The summed E-state index contributed by atoms with van der Waals surface area (Å²) in [6.45, 7) is 12.0. The molecule has 0 saturated heterocycles. The fourth-order valence-electron chi connectivity index (χ4n) is 2.59. The van der Waals surface area contributed by atoms with Gasteiger partial charge in [0.15, 0.2) is 0 Å². The maximum atomic E-state index is 4.27. The summed E-state index contributed by atoms with van der Waals surface area (Å²) in [4.78, 5) is 0. The fourth-order valence-corrected chi connectivity index (χ4v) is 2.59. The Bertz CT molecular complexity index is 561. The van der Waals surface area contributed by atoms with Crippen molar-refractivity contribution >= 4 is 0 Å². The normalized spacial score (nSPS) is 13.4. The molecule has 1 atom stereocenters. The van der Waals surface area contributed by atoms with Gasteiger partial charge in [0.2, 0.25) is 0 Å². The van der Waals surface area contributed by atoms with Crippen molar-refractivity contribution < 1.29 is 0 Å². The molecule has 1 aromatic carbocycles. The summed E-state index contributed by atoms with van der Waals surface area (Å²) in [5.41, 5.74) is 4.09. The highest BCUT2D eigenvalue weighted by Crippen LogP contribution is 2.27. The molecular formula is C18H27N3. The van der Waals surface area contributed by atoms with Crippen LogP contribution in [0.5, 0.6) is 0 Å². The van der Waals surface area contributed by atoms with E-state index in [0.29, 0.717) is 5.92 Å². The van der Waals surface area contributed by atoms with Crippen LogP contribution in [0.4, 0.5) is 0 Å².